The summed E-state index contributed by atoms with van der Waals surface area (Å²) in [6, 6.07) is 0. The molecule has 11 heavy (non-hydrogen) atoms. The molecule has 1 unspecified atom stereocenters. The molecule has 1 atom stereocenters. The molecule has 1 aromatic heterocycles. The third-order valence-corrected chi connectivity index (χ3v) is 4.30. The van der Waals surface area contributed by atoms with Crippen molar-refractivity contribution < 1.29 is 9.90 Å². The van der Waals surface area contributed by atoms with Crippen LogP contribution in [0.4, 0.5) is 5.00 Å². The van der Waals surface area contributed by atoms with Gasteiger partial charge in [0.25, 0.3) is 5.00 Å². The number of nitrogens with zero attached hydrogens (tertiary/aromatic N) is 1. The number of aromatic carboxylic acids is 1. The first-order chi connectivity index (χ1) is 5.04. The van der Waals surface area contributed by atoms with Crippen LogP contribution >= 0.6 is 26.4 Å². The number of carboxylic acid groups (broad SMARTS) is 1. The number of thiazole rings is 1. The largest absolute Gasteiger partial charge is 0.476 e. The van der Waals surface area contributed by atoms with Crippen molar-refractivity contribution in [3.8, 4) is 0 Å². The smallest absolute Gasteiger partial charge is 0.362 e. The van der Waals surface area contributed by atoms with E-state index in [0.717, 1.165) is 0 Å². The highest BCUT2D eigenvalue weighted by molar-refractivity contribution is 9.11. The Morgan fingerprint density at radius 3 is 2.55 bits per heavy atom. The van der Waals surface area contributed by atoms with Gasteiger partial charge in [0.15, 0.2) is 0 Å². The summed E-state index contributed by atoms with van der Waals surface area (Å²) in [5.41, 5.74) is 5.44. The van der Waals surface area contributed by atoms with Gasteiger partial charge in [0, 0.05) is 26.4 Å². The molecule has 0 saturated heterocycles. The van der Waals surface area contributed by atoms with Crippen LogP contribution in [-0.2, 0) is 6.26 Å². The van der Waals surface area contributed by atoms with Gasteiger partial charge in [-0.05, 0) is 0 Å². The van der Waals surface area contributed by atoms with Crippen LogP contribution in [0.25, 0.3) is 0 Å². The number of nitrogens with two attached hydrogens (primary N) is 1. The van der Waals surface area contributed by atoms with Crippen molar-refractivity contribution in [2.75, 3.05) is 5.73 Å². The van der Waals surface area contributed by atoms with Gasteiger partial charge in [-0.15, -0.1) is 0 Å². The highest BCUT2D eigenvalue weighted by Crippen LogP contribution is 2.35. The molecule has 0 bridgehead atoms. The van der Waals surface area contributed by atoms with Gasteiger partial charge in [0.1, 0.15) is 6.26 Å². The predicted molar refractivity (Wildman–Crippen MR) is 46.8 cm³/mol. The molecule has 0 fully saturated rings. The Morgan fingerprint density at radius 1 is 1.82 bits per heavy atom. The lowest BCUT2D eigenvalue weighted by atomic mass is 10.5. The molecule has 1 heterocycles. The summed E-state index contributed by atoms with van der Waals surface area (Å²) in [4.78, 5) is 14.2. The predicted octanol–water partition coefficient (Wildman–Crippen LogP) is 1.41. The van der Waals surface area contributed by atoms with Crippen molar-refractivity contribution >= 4 is 37.4 Å². The maximum atomic E-state index is 10.4. The van der Waals surface area contributed by atoms with Gasteiger partial charge in [-0.3, -0.25) is 0 Å². The second-order valence-electron chi connectivity index (χ2n) is 1.89. The van der Waals surface area contributed by atoms with Crippen molar-refractivity contribution in [1.82, 2.24) is 4.98 Å². The Labute approximate surface area is 74.2 Å². The Bertz CT molecular complexity index is 310. The molecule has 1 rings (SSSR count). The standard InChI is InChI=1S/C5H5BrN2O2S/c1-11-3(7)2(4(9)10)8-5(11)6/h7H2,1H3/p+1. The van der Waals surface area contributed by atoms with Crippen molar-refractivity contribution in [2.24, 2.45) is 6.26 Å². The molecule has 0 aromatic carbocycles. The number of carbonyl (C=O) groups is 1. The van der Waals surface area contributed by atoms with Crippen LogP contribution in [0.3, 0.4) is 0 Å². The molecule has 0 saturated carbocycles. The van der Waals surface area contributed by atoms with Gasteiger partial charge < -0.3 is 10.8 Å². The van der Waals surface area contributed by atoms with Gasteiger partial charge in [0.2, 0.25) is 5.69 Å². The number of hydrogen-bond donors (Lipinski definition) is 2. The van der Waals surface area contributed by atoms with Crippen LogP contribution in [0, 0.1) is 0 Å². The van der Waals surface area contributed by atoms with E-state index < -0.39 is 5.97 Å². The molecule has 0 aliphatic rings. The molecule has 6 heteroatoms. The first-order valence-corrected chi connectivity index (χ1v) is 5.10. The molecule has 0 spiro atoms. The number of halogens is 1. The molecule has 4 nitrogen and oxygen atoms in total. The highest BCUT2D eigenvalue weighted by atomic mass is 79.9. The lowest BCUT2D eigenvalue weighted by Crippen LogP contribution is -2.00. The molecular weight excluding hydrogens is 232 g/mol. The number of carboxylic acids is 1. The maximum Gasteiger partial charge on any atom is 0.362 e. The van der Waals surface area contributed by atoms with E-state index in [1.54, 1.807) is 0 Å². The fourth-order valence-corrected chi connectivity index (χ4v) is 2.13. The van der Waals surface area contributed by atoms with E-state index in [1.807, 2.05) is 6.26 Å². The fraction of sp³-hybridized carbons (Fsp3) is 0.200. The number of rotatable bonds is 1. The van der Waals surface area contributed by atoms with Gasteiger partial charge in [-0.25, -0.2) is 4.79 Å². The number of nitrogen functional groups attached to an aromatic ring is 1. The molecule has 0 aliphatic heterocycles. The van der Waals surface area contributed by atoms with Crippen LogP contribution in [0.2, 0.25) is 0 Å². The van der Waals surface area contributed by atoms with Gasteiger partial charge in [0.05, 0.1) is 0 Å². The summed E-state index contributed by atoms with van der Waals surface area (Å²) in [5, 5.41) is 8.90. The van der Waals surface area contributed by atoms with Crippen LogP contribution < -0.4 is 5.73 Å². The molecular formula is C5H6BrN2O2S+. The van der Waals surface area contributed by atoms with E-state index in [0.29, 0.717) is 8.92 Å². The average molecular weight is 238 g/mol. The second kappa shape index (κ2) is 2.78. The molecule has 0 aliphatic carbocycles. The lowest BCUT2D eigenvalue weighted by molar-refractivity contribution is 0.0692. The van der Waals surface area contributed by atoms with E-state index in [9.17, 15) is 4.79 Å². The summed E-state index contributed by atoms with van der Waals surface area (Å²) in [6.45, 7) is 0. The minimum Gasteiger partial charge on any atom is -0.476 e. The second-order valence-corrected chi connectivity index (χ2v) is 5.02. The topological polar surface area (TPSA) is 76.2 Å². The first kappa shape index (κ1) is 8.48. The summed E-state index contributed by atoms with van der Waals surface area (Å²) in [5.74, 6) is -1.07. The van der Waals surface area contributed by atoms with Gasteiger partial charge in [-0.1, -0.05) is 0 Å². The summed E-state index contributed by atoms with van der Waals surface area (Å²) < 4.78 is 0.604. The molecule has 60 valence electrons. The van der Waals surface area contributed by atoms with Crippen LogP contribution in [-0.4, -0.2) is 16.1 Å². The lowest BCUT2D eigenvalue weighted by Gasteiger charge is -1.81. The van der Waals surface area contributed by atoms with Crippen molar-refractivity contribution in [2.45, 2.75) is 0 Å². The van der Waals surface area contributed by atoms with E-state index >= 15 is 0 Å². The zero-order valence-corrected chi connectivity index (χ0v) is 8.07. The average Bonchev–Trinajstić information content (AvgIpc) is 2.17. The van der Waals surface area contributed by atoms with Crippen LogP contribution in [0.15, 0.2) is 3.92 Å². The fourth-order valence-electron chi connectivity index (χ4n) is 0.600. The van der Waals surface area contributed by atoms with E-state index in [2.05, 4.69) is 20.9 Å². The minimum absolute atomic E-state index is 0.0392. The van der Waals surface area contributed by atoms with Gasteiger partial charge in [-0.2, -0.15) is 4.98 Å². The quantitative estimate of drug-likeness (QED) is 0.725. The molecule has 0 amide bonds. The summed E-state index contributed by atoms with van der Waals surface area (Å²) >= 11 is 3.13. The van der Waals surface area contributed by atoms with Crippen LogP contribution in [0.1, 0.15) is 10.5 Å². The van der Waals surface area contributed by atoms with Crippen molar-refractivity contribution in [3.63, 3.8) is 0 Å². The first-order valence-electron chi connectivity index (χ1n) is 2.67. The van der Waals surface area contributed by atoms with E-state index in [1.165, 1.54) is 0 Å². The molecule has 3 N–H and O–H groups in total. The van der Waals surface area contributed by atoms with Crippen molar-refractivity contribution in [3.05, 3.63) is 9.61 Å². The summed E-state index contributed by atoms with van der Waals surface area (Å²) in [6.07, 6.45) is 1.82. The van der Waals surface area contributed by atoms with Gasteiger partial charge >= 0.3 is 9.89 Å². The third kappa shape index (κ3) is 1.36. The normalized spacial score (nSPS) is 11.6. The van der Waals surface area contributed by atoms with Crippen LogP contribution in [0.5, 0.6) is 0 Å². The monoisotopic (exact) mass is 237 g/mol. The maximum absolute atomic E-state index is 10.4. The molecule has 0 radical (unpaired) electrons. The Hall–Kier alpha value is -0.620. The Kier molecular flexibility index (Phi) is 2.15. The number of aromatic nitrogens is 1. The van der Waals surface area contributed by atoms with Crippen molar-refractivity contribution in [1.29, 1.82) is 0 Å². The number of hydrogen-bond acceptors (Lipinski definition) is 3. The zero-order valence-electron chi connectivity index (χ0n) is 5.67. The highest BCUT2D eigenvalue weighted by Gasteiger charge is 2.25. The minimum atomic E-state index is -1.07. The Morgan fingerprint density at radius 2 is 2.36 bits per heavy atom. The zero-order chi connectivity index (χ0) is 8.59. The van der Waals surface area contributed by atoms with E-state index in [4.69, 9.17) is 10.8 Å². The number of anilines is 1. The Balaban J connectivity index is 3.29. The molecule has 1 aromatic rings. The third-order valence-electron chi connectivity index (χ3n) is 1.22. The SMILES string of the molecule is C[s+]1c(Br)nc(C(=O)O)c1N. The summed E-state index contributed by atoms with van der Waals surface area (Å²) in [7, 11) is -0.370. The van der Waals surface area contributed by atoms with E-state index in [-0.39, 0.29) is 16.2 Å².